The lowest BCUT2D eigenvalue weighted by Gasteiger charge is -2.19. The molecule has 2 heterocycles. The lowest BCUT2D eigenvalue weighted by atomic mass is 9.91. The third-order valence-corrected chi connectivity index (χ3v) is 4.79. The van der Waals surface area contributed by atoms with Crippen LogP contribution in [0.4, 0.5) is 0 Å². The highest BCUT2D eigenvalue weighted by Crippen LogP contribution is 2.34. The van der Waals surface area contributed by atoms with Crippen molar-refractivity contribution in [3.8, 4) is 11.5 Å². The number of pyridine rings is 1. The first kappa shape index (κ1) is 19.7. The van der Waals surface area contributed by atoms with Crippen LogP contribution >= 0.6 is 0 Å². The summed E-state index contributed by atoms with van der Waals surface area (Å²) in [6, 6.07) is 9.81. The predicted molar refractivity (Wildman–Crippen MR) is 109 cm³/mol. The average molecular weight is 381 g/mol. The Kier molecular flexibility index (Phi) is 6.19. The van der Waals surface area contributed by atoms with Gasteiger partial charge >= 0.3 is 0 Å². The van der Waals surface area contributed by atoms with Crippen LogP contribution in [-0.2, 0) is 4.79 Å². The summed E-state index contributed by atoms with van der Waals surface area (Å²) in [6.07, 6.45) is 5.07. The number of nitrogens with zero attached hydrogens (tertiary/aromatic N) is 2. The Morgan fingerprint density at radius 3 is 2.54 bits per heavy atom. The van der Waals surface area contributed by atoms with Crippen molar-refractivity contribution in [1.82, 2.24) is 14.7 Å². The third kappa shape index (κ3) is 4.27. The topological polar surface area (TPSA) is 64.9 Å². The summed E-state index contributed by atoms with van der Waals surface area (Å²) in [4.78, 5) is 17.1. The number of rotatable bonds is 8. The molecule has 0 saturated carbocycles. The largest absolute Gasteiger partial charge is 0.497 e. The second-order valence-corrected chi connectivity index (χ2v) is 6.87. The fraction of sp³-hybridized carbons (Fsp3) is 0.364. The van der Waals surface area contributed by atoms with Crippen LogP contribution < -0.4 is 14.8 Å². The highest BCUT2D eigenvalue weighted by Gasteiger charge is 2.23. The van der Waals surface area contributed by atoms with E-state index < -0.39 is 0 Å². The number of methoxy groups -OCH3 is 2. The van der Waals surface area contributed by atoms with Crippen LogP contribution in [0, 0.1) is 6.92 Å². The van der Waals surface area contributed by atoms with Crippen LogP contribution in [0.25, 0.3) is 5.65 Å². The van der Waals surface area contributed by atoms with Gasteiger partial charge in [-0.1, -0.05) is 6.92 Å². The number of carbonyl (C=O) groups is 1. The standard InChI is InChI=1S/C22H27N3O3/c1-5-7-23-22(26)13-19(16-10-17(27-3)12-18(11-16)28-4)20-14-24-21-9-15(2)6-8-25(20)21/h6,8-12,14,19H,5,7,13H2,1-4H3,(H,23,26). The minimum Gasteiger partial charge on any atom is -0.497 e. The molecule has 0 aliphatic rings. The van der Waals surface area contributed by atoms with Crippen LogP contribution in [0.5, 0.6) is 11.5 Å². The number of fused-ring (bicyclic) bond motifs is 1. The molecule has 1 amide bonds. The first-order valence-corrected chi connectivity index (χ1v) is 9.49. The maximum absolute atomic E-state index is 12.6. The second kappa shape index (κ2) is 8.78. The molecular weight excluding hydrogens is 354 g/mol. The van der Waals surface area contributed by atoms with Crippen LogP contribution in [0.2, 0.25) is 0 Å². The van der Waals surface area contributed by atoms with E-state index in [2.05, 4.69) is 10.3 Å². The molecule has 0 aliphatic heterocycles. The van der Waals surface area contributed by atoms with Crippen molar-refractivity contribution < 1.29 is 14.3 Å². The first-order valence-electron chi connectivity index (χ1n) is 9.49. The van der Waals surface area contributed by atoms with Crippen molar-refractivity contribution in [3.63, 3.8) is 0 Å². The lowest BCUT2D eigenvalue weighted by Crippen LogP contribution is -2.26. The molecule has 0 spiro atoms. The number of aryl methyl sites for hydroxylation is 1. The molecule has 6 heteroatoms. The van der Waals surface area contributed by atoms with E-state index in [4.69, 9.17) is 9.47 Å². The van der Waals surface area contributed by atoms with Gasteiger partial charge in [-0.3, -0.25) is 4.79 Å². The van der Waals surface area contributed by atoms with Gasteiger partial charge in [-0.05, 0) is 48.7 Å². The summed E-state index contributed by atoms with van der Waals surface area (Å²) >= 11 is 0. The quantitative estimate of drug-likeness (QED) is 0.646. The smallest absolute Gasteiger partial charge is 0.221 e. The van der Waals surface area contributed by atoms with Crippen LogP contribution in [0.3, 0.4) is 0 Å². The number of benzene rings is 1. The highest BCUT2D eigenvalue weighted by molar-refractivity contribution is 5.77. The average Bonchev–Trinajstić information content (AvgIpc) is 3.12. The predicted octanol–water partition coefficient (Wildman–Crippen LogP) is 3.71. The van der Waals surface area contributed by atoms with E-state index in [9.17, 15) is 4.79 Å². The van der Waals surface area contributed by atoms with Gasteiger partial charge in [-0.2, -0.15) is 0 Å². The van der Waals surface area contributed by atoms with E-state index >= 15 is 0 Å². The summed E-state index contributed by atoms with van der Waals surface area (Å²) in [5, 5.41) is 2.98. The molecule has 6 nitrogen and oxygen atoms in total. The van der Waals surface area contributed by atoms with Gasteiger partial charge in [-0.25, -0.2) is 4.98 Å². The van der Waals surface area contributed by atoms with Crippen LogP contribution in [0.1, 0.15) is 42.5 Å². The van der Waals surface area contributed by atoms with Gasteiger partial charge in [0.25, 0.3) is 0 Å². The number of hydrogen-bond acceptors (Lipinski definition) is 4. The molecule has 28 heavy (non-hydrogen) atoms. The number of hydrogen-bond donors (Lipinski definition) is 1. The molecule has 148 valence electrons. The fourth-order valence-corrected chi connectivity index (χ4v) is 3.31. The van der Waals surface area contributed by atoms with Crippen molar-refractivity contribution in [3.05, 3.63) is 59.5 Å². The Bertz CT molecular complexity index is 943. The Labute approximate surface area is 165 Å². The molecule has 1 N–H and O–H groups in total. The number of amides is 1. The maximum Gasteiger partial charge on any atom is 0.221 e. The van der Waals surface area contributed by atoms with E-state index in [1.165, 1.54) is 0 Å². The van der Waals surface area contributed by atoms with Gasteiger partial charge in [0, 0.05) is 37.3 Å². The van der Waals surface area contributed by atoms with Gasteiger partial charge in [0.05, 0.1) is 19.9 Å². The molecule has 3 rings (SSSR count). The molecular formula is C22H27N3O3. The number of ether oxygens (including phenoxy) is 2. The summed E-state index contributed by atoms with van der Waals surface area (Å²) in [5.41, 5.74) is 3.91. The van der Waals surface area contributed by atoms with Crippen molar-refractivity contribution in [2.75, 3.05) is 20.8 Å². The van der Waals surface area contributed by atoms with Crippen molar-refractivity contribution in [2.24, 2.45) is 0 Å². The Hall–Kier alpha value is -3.02. The molecule has 0 saturated heterocycles. The molecule has 0 bridgehead atoms. The van der Waals surface area contributed by atoms with Gasteiger partial charge < -0.3 is 19.2 Å². The monoisotopic (exact) mass is 381 g/mol. The van der Waals surface area contributed by atoms with Gasteiger partial charge in [0.2, 0.25) is 5.91 Å². The zero-order valence-corrected chi connectivity index (χ0v) is 16.9. The van der Waals surface area contributed by atoms with Gasteiger partial charge in [-0.15, -0.1) is 0 Å². The molecule has 1 aromatic carbocycles. The second-order valence-electron chi connectivity index (χ2n) is 6.87. The molecule has 2 aromatic heterocycles. The molecule has 3 aromatic rings. The molecule has 0 aliphatic carbocycles. The lowest BCUT2D eigenvalue weighted by molar-refractivity contribution is -0.121. The summed E-state index contributed by atoms with van der Waals surface area (Å²) < 4.78 is 12.9. The van der Waals surface area contributed by atoms with E-state index in [-0.39, 0.29) is 11.8 Å². The fourth-order valence-electron chi connectivity index (χ4n) is 3.31. The molecule has 0 radical (unpaired) electrons. The molecule has 1 atom stereocenters. The van der Waals surface area contributed by atoms with Crippen LogP contribution in [0.15, 0.2) is 42.7 Å². The SMILES string of the molecule is CCCNC(=O)CC(c1cc(OC)cc(OC)c1)c1cnc2cc(C)ccn12. The zero-order chi connectivity index (χ0) is 20.1. The summed E-state index contributed by atoms with van der Waals surface area (Å²) in [5.74, 6) is 1.21. The maximum atomic E-state index is 12.6. The van der Waals surface area contributed by atoms with E-state index in [0.29, 0.717) is 24.5 Å². The first-order chi connectivity index (χ1) is 13.5. The third-order valence-electron chi connectivity index (χ3n) is 4.79. The van der Waals surface area contributed by atoms with Crippen molar-refractivity contribution >= 4 is 11.6 Å². The number of carbonyl (C=O) groups excluding carboxylic acids is 1. The highest BCUT2D eigenvalue weighted by atomic mass is 16.5. The number of aromatic nitrogens is 2. The minimum atomic E-state index is -0.182. The molecule has 1 unspecified atom stereocenters. The van der Waals surface area contributed by atoms with Crippen molar-refractivity contribution in [2.45, 2.75) is 32.6 Å². The molecule has 0 fully saturated rings. The minimum absolute atomic E-state index is 0.00991. The number of nitrogens with one attached hydrogen (secondary N) is 1. The Morgan fingerprint density at radius 1 is 1.18 bits per heavy atom. The zero-order valence-electron chi connectivity index (χ0n) is 16.9. The van der Waals surface area contributed by atoms with E-state index in [1.54, 1.807) is 14.2 Å². The Balaban J connectivity index is 2.08. The number of imidazole rings is 1. The summed E-state index contributed by atoms with van der Waals surface area (Å²) in [6.45, 7) is 4.74. The van der Waals surface area contributed by atoms with Gasteiger partial charge in [0.15, 0.2) is 0 Å². The van der Waals surface area contributed by atoms with Crippen molar-refractivity contribution in [1.29, 1.82) is 0 Å². The van der Waals surface area contributed by atoms with Gasteiger partial charge in [0.1, 0.15) is 17.1 Å². The van der Waals surface area contributed by atoms with E-state index in [1.807, 2.05) is 61.0 Å². The Morgan fingerprint density at radius 2 is 1.89 bits per heavy atom. The van der Waals surface area contributed by atoms with E-state index in [0.717, 1.165) is 28.9 Å². The van der Waals surface area contributed by atoms with Crippen LogP contribution in [-0.4, -0.2) is 36.1 Å². The summed E-state index contributed by atoms with van der Waals surface area (Å²) in [7, 11) is 3.25. The normalized spacial score (nSPS) is 12.0.